The lowest BCUT2D eigenvalue weighted by molar-refractivity contribution is 0.251. The standard InChI is InChI=1S/C17H26N4OS/c1-16(2,3)13-10-14(21(20-13)17(4,5)6)19-15(22)18-11-12-8-7-9-23-12/h7-10H,11H2,1-6H3,(H2,18,19,22). The maximum atomic E-state index is 12.2. The molecule has 0 aliphatic heterocycles. The number of rotatable bonds is 3. The van der Waals surface area contributed by atoms with E-state index in [1.165, 1.54) is 0 Å². The minimum atomic E-state index is -0.218. The number of carbonyl (C=O) groups excluding carboxylic acids is 1. The van der Waals surface area contributed by atoms with Gasteiger partial charge >= 0.3 is 6.03 Å². The Morgan fingerprint density at radius 3 is 2.48 bits per heavy atom. The van der Waals surface area contributed by atoms with Crippen molar-refractivity contribution in [3.63, 3.8) is 0 Å². The van der Waals surface area contributed by atoms with Gasteiger partial charge in [0.05, 0.1) is 17.8 Å². The second kappa shape index (κ2) is 6.35. The molecule has 0 bridgehead atoms. The molecule has 0 fully saturated rings. The smallest absolute Gasteiger partial charge is 0.320 e. The van der Waals surface area contributed by atoms with E-state index in [0.717, 1.165) is 10.6 Å². The molecule has 0 spiro atoms. The number of urea groups is 1. The Balaban J connectivity index is 2.14. The highest BCUT2D eigenvalue weighted by atomic mass is 32.1. The van der Waals surface area contributed by atoms with Crippen molar-refractivity contribution >= 4 is 23.2 Å². The zero-order valence-electron chi connectivity index (χ0n) is 14.7. The van der Waals surface area contributed by atoms with Crippen molar-refractivity contribution in [1.82, 2.24) is 15.1 Å². The summed E-state index contributed by atoms with van der Waals surface area (Å²) in [5.41, 5.74) is 0.682. The number of anilines is 1. The van der Waals surface area contributed by atoms with E-state index < -0.39 is 0 Å². The summed E-state index contributed by atoms with van der Waals surface area (Å²) in [6, 6.07) is 5.71. The zero-order chi connectivity index (χ0) is 17.3. The number of amides is 2. The molecule has 0 saturated carbocycles. The van der Waals surface area contributed by atoms with Gasteiger partial charge in [0.2, 0.25) is 0 Å². The highest BCUT2D eigenvalue weighted by molar-refractivity contribution is 7.09. The Bertz CT molecular complexity index is 660. The number of thiophene rings is 1. The molecule has 2 aromatic rings. The predicted octanol–water partition coefficient (Wildman–Crippen LogP) is 4.32. The van der Waals surface area contributed by atoms with Gasteiger partial charge in [-0.3, -0.25) is 5.32 Å². The second-order valence-corrected chi connectivity index (χ2v) is 8.67. The van der Waals surface area contributed by atoms with E-state index in [-0.39, 0.29) is 17.0 Å². The van der Waals surface area contributed by atoms with Gasteiger partial charge in [-0.25, -0.2) is 9.48 Å². The van der Waals surface area contributed by atoms with Crippen LogP contribution >= 0.6 is 11.3 Å². The van der Waals surface area contributed by atoms with Crippen LogP contribution in [0.5, 0.6) is 0 Å². The summed E-state index contributed by atoms with van der Waals surface area (Å²) in [5.74, 6) is 0.714. The molecular weight excluding hydrogens is 308 g/mol. The quantitative estimate of drug-likeness (QED) is 0.878. The highest BCUT2D eigenvalue weighted by Gasteiger charge is 2.25. The van der Waals surface area contributed by atoms with Crippen LogP contribution in [0.2, 0.25) is 0 Å². The Morgan fingerprint density at radius 2 is 1.96 bits per heavy atom. The van der Waals surface area contributed by atoms with E-state index in [9.17, 15) is 4.79 Å². The first-order valence-electron chi connectivity index (χ1n) is 7.75. The van der Waals surface area contributed by atoms with Gasteiger partial charge in [-0.15, -0.1) is 11.3 Å². The zero-order valence-corrected chi connectivity index (χ0v) is 15.5. The van der Waals surface area contributed by atoms with Crippen LogP contribution in [0.25, 0.3) is 0 Å². The van der Waals surface area contributed by atoms with Crippen molar-refractivity contribution in [3.05, 3.63) is 34.2 Å². The molecule has 0 aromatic carbocycles. The third kappa shape index (κ3) is 4.58. The summed E-state index contributed by atoms with van der Waals surface area (Å²) in [5, 5.41) is 12.5. The minimum Gasteiger partial charge on any atom is -0.333 e. The van der Waals surface area contributed by atoms with Crippen LogP contribution in [0.3, 0.4) is 0 Å². The monoisotopic (exact) mass is 334 g/mol. The van der Waals surface area contributed by atoms with E-state index >= 15 is 0 Å². The fourth-order valence-electron chi connectivity index (χ4n) is 2.09. The molecule has 0 aliphatic rings. The van der Waals surface area contributed by atoms with Gasteiger partial charge in [-0.1, -0.05) is 26.8 Å². The van der Waals surface area contributed by atoms with Gasteiger partial charge < -0.3 is 5.32 Å². The summed E-state index contributed by atoms with van der Waals surface area (Å²) in [6.45, 7) is 13.1. The molecule has 2 amide bonds. The third-order valence-corrected chi connectivity index (χ3v) is 4.23. The number of hydrogen-bond acceptors (Lipinski definition) is 3. The van der Waals surface area contributed by atoms with Crippen LogP contribution in [0.4, 0.5) is 10.6 Å². The number of nitrogens with zero attached hydrogens (tertiary/aromatic N) is 2. The average Bonchev–Trinajstić information content (AvgIpc) is 3.03. The Hall–Kier alpha value is -1.82. The lowest BCUT2D eigenvalue weighted by Gasteiger charge is -2.23. The highest BCUT2D eigenvalue weighted by Crippen LogP contribution is 2.28. The summed E-state index contributed by atoms with van der Waals surface area (Å²) < 4.78 is 1.87. The molecule has 2 rings (SSSR count). The molecule has 5 nitrogen and oxygen atoms in total. The molecule has 23 heavy (non-hydrogen) atoms. The fourth-order valence-corrected chi connectivity index (χ4v) is 2.73. The summed E-state index contributed by atoms with van der Waals surface area (Å²) >= 11 is 1.63. The number of hydrogen-bond donors (Lipinski definition) is 2. The van der Waals surface area contributed by atoms with Crippen molar-refractivity contribution < 1.29 is 4.79 Å². The van der Waals surface area contributed by atoms with Gasteiger partial charge in [0.1, 0.15) is 5.82 Å². The van der Waals surface area contributed by atoms with Crippen molar-refractivity contribution in [3.8, 4) is 0 Å². The van der Waals surface area contributed by atoms with Gasteiger partial charge in [0.15, 0.2) is 0 Å². The number of nitrogens with one attached hydrogen (secondary N) is 2. The van der Waals surface area contributed by atoms with Crippen molar-refractivity contribution in [2.75, 3.05) is 5.32 Å². The van der Waals surface area contributed by atoms with Gasteiger partial charge in [0, 0.05) is 16.4 Å². The Morgan fingerprint density at radius 1 is 1.26 bits per heavy atom. The van der Waals surface area contributed by atoms with Crippen LogP contribution in [-0.4, -0.2) is 15.8 Å². The van der Waals surface area contributed by atoms with E-state index in [1.54, 1.807) is 11.3 Å². The second-order valence-electron chi connectivity index (χ2n) is 7.63. The molecular formula is C17H26N4OS. The molecule has 6 heteroatoms. The number of carbonyl (C=O) groups is 1. The summed E-state index contributed by atoms with van der Waals surface area (Å²) in [7, 11) is 0. The number of aromatic nitrogens is 2. The molecule has 0 saturated heterocycles. The normalized spacial score (nSPS) is 12.3. The molecule has 0 radical (unpaired) electrons. The van der Waals surface area contributed by atoms with Crippen LogP contribution in [0.15, 0.2) is 23.6 Å². The molecule has 0 unspecified atom stereocenters. The lowest BCUT2D eigenvalue weighted by Crippen LogP contribution is -2.32. The predicted molar refractivity (Wildman–Crippen MR) is 96.1 cm³/mol. The largest absolute Gasteiger partial charge is 0.333 e. The fraction of sp³-hybridized carbons (Fsp3) is 0.529. The molecule has 2 aromatic heterocycles. The van der Waals surface area contributed by atoms with E-state index in [2.05, 4.69) is 52.2 Å². The Labute approximate surface area is 142 Å². The van der Waals surface area contributed by atoms with Gasteiger partial charge in [0.25, 0.3) is 0 Å². The van der Waals surface area contributed by atoms with Crippen LogP contribution in [-0.2, 0) is 17.5 Å². The van der Waals surface area contributed by atoms with E-state index in [4.69, 9.17) is 5.10 Å². The maximum absolute atomic E-state index is 12.2. The summed E-state index contributed by atoms with van der Waals surface area (Å²) in [4.78, 5) is 13.3. The molecule has 2 N–H and O–H groups in total. The van der Waals surface area contributed by atoms with Gasteiger partial charge in [-0.05, 0) is 32.2 Å². The first-order chi connectivity index (χ1) is 10.6. The molecule has 0 atom stereocenters. The molecule has 0 aliphatic carbocycles. The minimum absolute atomic E-state index is 0.0691. The summed E-state index contributed by atoms with van der Waals surface area (Å²) in [6.07, 6.45) is 0. The van der Waals surface area contributed by atoms with Crippen LogP contribution in [0.1, 0.15) is 52.1 Å². The lowest BCUT2D eigenvalue weighted by atomic mass is 9.92. The Kier molecular flexibility index (Phi) is 4.84. The van der Waals surface area contributed by atoms with Crippen LogP contribution < -0.4 is 10.6 Å². The maximum Gasteiger partial charge on any atom is 0.320 e. The van der Waals surface area contributed by atoms with E-state index in [1.807, 2.05) is 28.3 Å². The van der Waals surface area contributed by atoms with Crippen LogP contribution in [0, 0.1) is 0 Å². The third-order valence-electron chi connectivity index (χ3n) is 3.36. The molecule has 126 valence electrons. The SMILES string of the molecule is CC(C)(C)c1cc(NC(=O)NCc2cccs2)n(C(C)(C)C)n1. The van der Waals surface area contributed by atoms with Crippen molar-refractivity contribution in [2.24, 2.45) is 0 Å². The first-order valence-corrected chi connectivity index (χ1v) is 8.63. The topological polar surface area (TPSA) is 59.0 Å². The average molecular weight is 334 g/mol. The molecule has 2 heterocycles. The van der Waals surface area contributed by atoms with Gasteiger partial charge in [-0.2, -0.15) is 5.10 Å². The van der Waals surface area contributed by atoms with Crippen molar-refractivity contribution in [1.29, 1.82) is 0 Å². The van der Waals surface area contributed by atoms with Crippen molar-refractivity contribution in [2.45, 2.75) is 59.0 Å². The van der Waals surface area contributed by atoms with E-state index in [0.29, 0.717) is 12.4 Å². The first kappa shape index (κ1) is 17.5.